The molecule has 186 valence electrons. The van der Waals surface area contributed by atoms with E-state index >= 15 is 0 Å². The maximum Gasteiger partial charge on any atom is 0.0838 e. The molecule has 2 aliphatic heterocycles. The molecule has 1 unspecified atom stereocenters. The second-order valence-corrected chi connectivity index (χ2v) is 9.80. The minimum absolute atomic E-state index is 0.0917. The molecule has 37 heavy (non-hydrogen) atoms. The van der Waals surface area contributed by atoms with Gasteiger partial charge in [0.2, 0.25) is 0 Å². The topological polar surface area (TPSA) is 66.6 Å². The van der Waals surface area contributed by atoms with E-state index in [2.05, 4.69) is 103 Å². The number of fused-ring (bicyclic) bond motifs is 11. The number of aromatic nitrogens is 4. The lowest BCUT2D eigenvalue weighted by molar-refractivity contribution is 0.0633. The van der Waals surface area contributed by atoms with E-state index in [1.54, 1.807) is 0 Å². The molecule has 4 aromatic rings. The number of unbranched alkanes of at least 4 members (excludes halogenated alkanes) is 3. The average Bonchev–Trinajstić information content (AvgIpc) is 3.70. The van der Waals surface area contributed by atoms with Gasteiger partial charge in [-0.05, 0) is 68.0 Å². The quantitative estimate of drug-likeness (QED) is 0.221. The van der Waals surface area contributed by atoms with Gasteiger partial charge in [-0.1, -0.05) is 50.5 Å². The molecule has 5 heteroatoms. The Morgan fingerprint density at radius 2 is 1.43 bits per heavy atom. The molecular weight excluding hydrogens is 456 g/mol. The van der Waals surface area contributed by atoms with Crippen molar-refractivity contribution >= 4 is 57.1 Å². The molecule has 5 nitrogen and oxygen atoms in total. The average molecular weight is 489 g/mol. The van der Waals surface area contributed by atoms with Gasteiger partial charge in [-0.15, -0.1) is 0 Å². The normalized spacial score (nSPS) is 13.5. The molecule has 0 spiro atoms. The summed E-state index contributed by atoms with van der Waals surface area (Å²) in [5.74, 6) is 0. The van der Waals surface area contributed by atoms with Crippen LogP contribution in [0.1, 0.15) is 74.0 Å². The van der Waals surface area contributed by atoms with Crippen molar-refractivity contribution in [2.75, 3.05) is 6.61 Å². The second kappa shape index (κ2) is 10.2. The van der Waals surface area contributed by atoms with Crippen LogP contribution in [0.15, 0.2) is 54.6 Å². The van der Waals surface area contributed by atoms with Crippen LogP contribution in [0, 0.1) is 0 Å². The van der Waals surface area contributed by atoms with Crippen LogP contribution in [0.3, 0.4) is 0 Å². The number of aromatic amines is 2. The summed E-state index contributed by atoms with van der Waals surface area (Å²) in [5.41, 5.74) is 8.89. The first-order chi connectivity index (χ1) is 18.2. The largest absolute Gasteiger partial charge is 0.374 e. The van der Waals surface area contributed by atoms with Gasteiger partial charge < -0.3 is 14.7 Å². The molecule has 0 fully saturated rings. The van der Waals surface area contributed by atoms with Gasteiger partial charge >= 0.3 is 0 Å². The Hall–Kier alpha value is -3.96. The predicted octanol–water partition coefficient (Wildman–Crippen LogP) is 8.47. The molecule has 1 aromatic carbocycles. The third-order valence-corrected chi connectivity index (χ3v) is 7.06. The van der Waals surface area contributed by atoms with Crippen LogP contribution in [0.2, 0.25) is 0 Å². The summed E-state index contributed by atoms with van der Waals surface area (Å²) in [6, 6.07) is 19.0. The van der Waals surface area contributed by atoms with Crippen molar-refractivity contribution in [2.45, 2.75) is 45.6 Å². The molecule has 0 amide bonds. The van der Waals surface area contributed by atoms with Crippen molar-refractivity contribution in [3.05, 3.63) is 82.9 Å². The number of rotatable bonds is 7. The zero-order valence-electron chi connectivity index (χ0n) is 21.4. The molecule has 2 N–H and O–H groups in total. The molecule has 2 aliphatic rings. The summed E-state index contributed by atoms with van der Waals surface area (Å²) in [6.07, 6.45) is 13.0. The summed E-state index contributed by atoms with van der Waals surface area (Å²) >= 11 is 0. The fraction of sp³-hybridized carbons (Fsp3) is 0.250. The number of nitrogens with zero attached hydrogens (tertiary/aromatic N) is 2. The Bertz CT molecular complexity index is 1670. The Morgan fingerprint density at radius 1 is 0.730 bits per heavy atom. The first-order valence-corrected chi connectivity index (χ1v) is 13.3. The zero-order valence-corrected chi connectivity index (χ0v) is 21.4. The second-order valence-electron chi connectivity index (χ2n) is 9.80. The van der Waals surface area contributed by atoms with Crippen molar-refractivity contribution in [3.8, 4) is 0 Å². The predicted molar refractivity (Wildman–Crippen MR) is 155 cm³/mol. The van der Waals surface area contributed by atoms with Gasteiger partial charge in [-0.25, -0.2) is 9.97 Å². The van der Waals surface area contributed by atoms with Gasteiger partial charge in [-0.3, -0.25) is 0 Å². The van der Waals surface area contributed by atoms with E-state index in [0.717, 1.165) is 63.4 Å². The highest BCUT2D eigenvalue weighted by molar-refractivity contribution is 6.07. The fourth-order valence-electron chi connectivity index (χ4n) is 5.17. The van der Waals surface area contributed by atoms with Crippen LogP contribution < -0.4 is 0 Å². The standard InChI is InChI=1S/C32H32N4O/c1-3-4-5-8-17-37-21(2)32-28-15-13-23(34-28)18-22-11-12-24(33-22)19-30-26-9-6-7-10-27(26)31(36-30)20-25-14-16-29(32)35-25/h6-7,9-16,18-21,34,36H,3-5,8,17H2,1-2H3. The van der Waals surface area contributed by atoms with E-state index in [1.807, 2.05) is 0 Å². The van der Waals surface area contributed by atoms with Gasteiger partial charge in [-0.2, -0.15) is 0 Å². The van der Waals surface area contributed by atoms with E-state index < -0.39 is 0 Å². The van der Waals surface area contributed by atoms with Crippen molar-refractivity contribution in [3.63, 3.8) is 0 Å². The Morgan fingerprint density at radius 3 is 2.19 bits per heavy atom. The highest BCUT2D eigenvalue weighted by atomic mass is 16.5. The van der Waals surface area contributed by atoms with Gasteiger partial charge in [0, 0.05) is 45.0 Å². The van der Waals surface area contributed by atoms with E-state index in [4.69, 9.17) is 14.7 Å². The molecule has 0 aliphatic carbocycles. The third kappa shape index (κ3) is 4.87. The highest BCUT2D eigenvalue weighted by Gasteiger charge is 2.16. The summed E-state index contributed by atoms with van der Waals surface area (Å²) in [7, 11) is 0. The molecule has 5 heterocycles. The van der Waals surface area contributed by atoms with Crippen molar-refractivity contribution < 1.29 is 4.74 Å². The van der Waals surface area contributed by atoms with Crippen molar-refractivity contribution in [2.24, 2.45) is 0 Å². The molecule has 8 bridgehead atoms. The number of ether oxygens (including phenoxy) is 1. The maximum atomic E-state index is 6.33. The number of hydrogen-bond donors (Lipinski definition) is 2. The first kappa shape index (κ1) is 23.4. The number of nitrogens with one attached hydrogen (secondary N) is 2. The SMILES string of the molecule is CCCCCCOC(C)c1c2nc(cc3[nH]c(cc4nc(cc5ccc1[nH]5)C=C4)c1ccccc31)C=C2. The smallest absolute Gasteiger partial charge is 0.0838 e. The van der Waals surface area contributed by atoms with E-state index in [0.29, 0.717) is 0 Å². The number of H-pyrrole nitrogens is 2. The maximum absolute atomic E-state index is 6.33. The molecule has 6 rings (SSSR count). The molecule has 0 radical (unpaired) electrons. The van der Waals surface area contributed by atoms with Crippen LogP contribution >= 0.6 is 0 Å². The molecule has 0 saturated carbocycles. The lowest BCUT2D eigenvalue weighted by Gasteiger charge is -2.14. The van der Waals surface area contributed by atoms with Crippen LogP contribution in [-0.2, 0) is 4.74 Å². The zero-order chi connectivity index (χ0) is 25.2. The monoisotopic (exact) mass is 488 g/mol. The molecule has 1 atom stereocenters. The van der Waals surface area contributed by atoms with Gasteiger partial charge in [0.25, 0.3) is 0 Å². The van der Waals surface area contributed by atoms with Crippen LogP contribution in [0.5, 0.6) is 0 Å². The van der Waals surface area contributed by atoms with Crippen LogP contribution in [0.4, 0.5) is 0 Å². The Balaban J connectivity index is 1.56. The lowest BCUT2D eigenvalue weighted by atomic mass is 10.1. The minimum atomic E-state index is -0.0917. The highest BCUT2D eigenvalue weighted by Crippen LogP contribution is 2.30. The fourth-order valence-corrected chi connectivity index (χ4v) is 5.17. The summed E-state index contributed by atoms with van der Waals surface area (Å²) < 4.78 is 6.33. The number of hydrogen-bond acceptors (Lipinski definition) is 3. The molecule has 3 aromatic heterocycles. The van der Waals surface area contributed by atoms with E-state index in [1.165, 1.54) is 30.0 Å². The van der Waals surface area contributed by atoms with E-state index in [-0.39, 0.29) is 6.10 Å². The summed E-state index contributed by atoms with van der Waals surface area (Å²) in [6.45, 7) is 5.11. The van der Waals surface area contributed by atoms with E-state index in [9.17, 15) is 0 Å². The van der Waals surface area contributed by atoms with Crippen LogP contribution in [-0.4, -0.2) is 26.5 Å². The lowest BCUT2D eigenvalue weighted by Crippen LogP contribution is -2.04. The van der Waals surface area contributed by atoms with Crippen LogP contribution in [0.25, 0.3) is 57.1 Å². The molecule has 0 saturated heterocycles. The molecular formula is C32H32N4O. The first-order valence-electron chi connectivity index (χ1n) is 13.3. The van der Waals surface area contributed by atoms with Crippen molar-refractivity contribution in [1.82, 2.24) is 19.9 Å². The van der Waals surface area contributed by atoms with Crippen molar-refractivity contribution in [1.29, 1.82) is 0 Å². The number of benzene rings is 1. The van der Waals surface area contributed by atoms with Gasteiger partial charge in [0.1, 0.15) is 0 Å². The Kier molecular flexibility index (Phi) is 6.46. The minimum Gasteiger partial charge on any atom is -0.374 e. The van der Waals surface area contributed by atoms with Gasteiger partial charge in [0.15, 0.2) is 0 Å². The third-order valence-electron chi connectivity index (χ3n) is 7.06. The summed E-state index contributed by atoms with van der Waals surface area (Å²) in [4.78, 5) is 17.1. The Labute approximate surface area is 217 Å². The summed E-state index contributed by atoms with van der Waals surface area (Å²) in [5, 5.41) is 2.34. The van der Waals surface area contributed by atoms with Gasteiger partial charge in [0.05, 0.1) is 28.9 Å².